The molecule has 0 radical (unpaired) electrons. The lowest BCUT2D eigenvalue weighted by Crippen LogP contribution is -2.52. The molecule has 13 heteroatoms. The molecule has 1 aliphatic carbocycles. The number of nitrogens with zero attached hydrogens (tertiary/aromatic N) is 3. The number of piperazine rings is 1. The second kappa shape index (κ2) is 16.5. The van der Waals surface area contributed by atoms with Crippen molar-refractivity contribution in [2.24, 2.45) is 0 Å². The molecule has 4 aliphatic rings. The van der Waals surface area contributed by atoms with Gasteiger partial charge in [0.25, 0.3) is 5.91 Å². The van der Waals surface area contributed by atoms with Crippen molar-refractivity contribution < 1.29 is 33.4 Å². The highest BCUT2D eigenvalue weighted by molar-refractivity contribution is 6.05. The van der Waals surface area contributed by atoms with Gasteiger partial charge in [-0.15, -0.1) is 0 Å². The Balaban J connectivity index is 0.833. The molecule has 3 heterocycles. The van der Waals surface area contributed by atoms with Gasteiger partial charge in [-0.1, -0.05) is 24.3 Å². The third-order valence-corrected chi connectivity index (χ3v) is 11.4. The minimum atomic E-state index is -0.848. The van der Waals surface area contributed by atoms with Crippen LogP contribution in [0.25, 0.3) is 0 Å². The molecule has 3 aromatic carbocycles. The van der Waals surface area contributed by atoms with Gasteiger partial charge in [0.15, 0.2) is 0 Å². The van der Waals surface area contributed by atoms with Gasteiger partial charge in [0.1, 0.15) is 23.6 Å². The van der Waals surface area contributed by atoms with Crippen LogP contribution in [-0.2, 0) is 31.1 Å². The number of methoxy groups -OCH3 is 1. The molecular weight excluding hydrogens is 700 g/mol. The predicted molar refractivity (Wildman–Crippen MR) is 206 cm³/mol. The van der Waals surface area contributed by atoms with E-state index < -0.39 is 23.4 Å². The Morgan fingerprint density at radius 2 is 1.71 bits per heavy atom. The second-order valence-corrected chi connectivity index (χ2v) is 14.9. The summed E-state index contributed by atoms with van der Waals surface area (Å²) in [5.41, 5.74) is 3.58. The normalized spacial score (nSPS) is 19.7. The summed E-state index contributed by atoms with van der Waals surface area (Å²) in [4.78, 5) is 70.1. The zero-order valence-electron chi connectivity index (χ0n) is 31.6. The number of rotatable bonds is 15. The topological polar surface area (TPSA) is 150 Å². The number of fused-ring (bicyclic) bond motifs is 1. The Kier molecular flexibility index (Phi) is 11.4. The van der Waals surface area contributed by atoms with E-state index in [-0.39, 0.29) is 30.0 Å². The molecule has 0 unspecified atom stereocenters. The third-order valence-electron chi connectivity index (χ3n) is 11.4. The van der Waals surface area contributed by atoms with Crippen LogP contribution in [0.15, 0.2) is 66.7 Å². The highest BCUT2D eigenvalue weighted by atomic mass is 16.5. The highest BCUT2D eigenvalue weighted by Crippen LogP contribution is 2.49. The number of carbonyl (C=O) groups is 5. The average molecular weight is 751 g/mol. The number of imide groups is 1. The van der Waals surface area contributed by atoms with Gasteiger partial charge in [0, 0.05) is 57.4 Å². The molecule has 7 rings (SSSR count). The van der Waals surface area contributed by atoms with Crippen LogP contribution in [0.4, 0.5) is 5.69 Å². The number of piperidine rings is 1. The number of ether oxygens (including phenoxy) is 2. The molecule has 3 aliphatic heterocycles. The van der Waals surface area contributed by atoms with Crippen LogP contribution in [0.1, 0.15) is 78.0 Å². The molecular formula is C42H50N6O7. The molecule has 290 valence electrons. The van der Waals surface area contributed by atoms with Gasteiger partial charge in [0.2, 0.25) is 23.6 Å². The SMILES string of the molecule is CNC(=O)[C@@H](NC(=O)C1(c2ccc(OC)cc2)CC1)c1cccc(OCCCCCN2CCN(c3ccc4c(c3)CN([C@H]3CCC(=O)NC3=O)C4=O)CC2)c1. The number of carbonyl (C=O) groups excluding carboxylic acids is 5. The fourth-order valence-corrected chi connectivity index (χ4v) is 7.97. The van der Waals surface area contributed by atoms with Gasteiger partial charge in [0.05, 0.1) is 19.1 Å². The molecule has 1 saturated carbocycles. The zero-order chi connectivity index (χ0) is 38.5. The summed E-state index contributed by atoms with van der Waals surface area (Å²) in [6, 6.07) is 19.4. The number of likely N-dealkylation sites (N-methyl/N-ethyl adjacent to an activating group) is 1. The van der Waals surface area contributed by atoms with Crippen molar-refractivity contribution in [2.75, 3.05) is 58.4 Å². The molecule has 0 spiro atoms. The fourth-order valence-electron chi connectivity index (χ4n) is 7.97. The van der Waals surface area contributed by atoms with Crippen molar-refractivity contribution in [1.29, 1.82) is 0 Å². The Hall–Kier alpha value is -5.43. The van der Waals surface area contributed by atoms with Crippen molar-refractivity contribution in [2.45, 2.75) is 69.0 Å². The van der Waals surface area contributed by atoms with E-state index >= 15 is 0 Å². The molecule has 2 saturated heterocycles. The number of amides is 5. The minimum absolute atomic E-state index is 0.150. The molecule has 55 heavy (non-hydrogen) atoms. The monoisotopic (exact) mass is 750 g/mol. The number of unbranched alkanes of at least 4 members (excludes halogenated alkanes) is 2. The number of anilines is 1. The van der Waals surface area contributed by atoms with Crippen molar-refractivity contribution in [1.82, 2.24) is 25.8 Å². The smallest absolute Gasteiger partial charge is 0.255 e. The predicted octanol–water partition coefficient (Wildman–Crippen LogP) is 3.46. The largest absolute Gasteiger partial charge is 0.497 e. The van der Waals surface area contributed by atoms with Crippen LogP contribution < -0.4 is 30.3 Å². The lowest BCUT2D eigenvalue weighted by atomic mass is 9.94. The number of nitrogens with one attached hydrogen (secondary N) is 3. The van der Waals surface area contributed by atoms with E-state index in [0.717, 1.165) is 87.4 Å². The summed E-state index contributed by atoms with van der Waals surface area (Å²) < 4.78 is 11.4. The van der Waals surface area contributed by atoms with Crippen LogP contribution in [0.2, 0.25) is 0 Å². The Morgan fingerprint density at radius 3 is 2.42 bits per heavy atom. The van der Waals surface area contributed by atoms with Gasteiger partial charge >= 0.3 is 0 Å². The highest BCUT2D eigenvalue weighted by Gasteiger charge is 2.52. The van der Waals surface area contributed by atoms with Gasteiger partial charge in [-0.25, -0.2) is 0 Å². The van der Waals surface area contributed by atoms with E-state index in [1.54, 1.807) is 19.1 Å². The Bertz CT molecular complexity index is 1920. The maximum absolute atomic E-state index is 13.6. The van der Waals surface area contributed by atoms with Crippen LogP contribution >= 0.6 is 0 Å². The fraction of sp³-hybridized carbons (Fsp3) is 0.452. The Morgan fingerprint density at radius 1 is 0.927 bits per heavy atom. The summed E-state index contributed by atoms with van der Waals surface area (Å²) in [6.07, 6.45) is 5.02. The summed E-state index contributed by atoms with van der Waals surface area (Å²) >= 11 is 0. The summed E-state index contributed by atoms with van der Waals surface area (Å²) in [7, 11) is 3.18. The number of hydrogen-bond donors (Lipinski definition) is 3. The first-order valence-electron chi connectivity index (χ1n) is 19.3. The summed E-state index contributed by atoms with van der Waals surface area (Å²) in [6.45, 7) is 5.62. The first-order valence-corrected chi connectivity index (χ1v) is 19.3. The van der Waals surface area contributed by atoms with Gasteiger partial charge < -0.3 is 29.9 Å². The van der Waals surface area contributed by atoms with Crippen molar-refractivity contribution in [3.05, 3.63) is 89.0 Å². The van der Waals surface area contributed by atoms with E-state index in [4.69, 9.17) is 9.47 Å². The quantitative estimate of drug-likeness (QED) is 0.157. The Labute approximate surface area is 321 Å². The summed E-state index contributed by atoms with van der Waals surface area (Å²) in [5, 5.41) is 8.07. The average Bonchev–Trinajstić information content (AvgIpc) is 3.96. The maximum Gasteiger partial charge on any atom is 0.255 e. The zero-order valence-corrected chi connectivity index (χ0v) is 31.6. The van der Waals surface area contributed by atoms with E-state index in [0.29, 0.717) is 36.4 Å². The van der Waals surface area contributed by atoms with Gasteiger partial charge in [-0.2, -0.15) is 0 Å². The molecule has 2 atom stereocenters. The molecule has 13 nitrogen and oxygen atoms in total. The van der Waals surface area contributed by atoms with Crippen LogP contribution in [0.3, 0.4) is 0 Å². The van der Waals surface area contributed by atoms with E-state index in [1.165, 1.54) is 0 Å². The van der Waals surface area contributed by atoms with Gasteiger partial charge in [-0.05, 0) is 104 Å². The van der Waals surface area contributed by atoms with Crippen molar-refractivity contribution >= 4 is 35.2 Å². The van der Waals surface area contributed by atoms with Crippen molar-refractivity contribution in [3.63, 3.8) is 0 Å². The van der Waals surface area contributed by atoms with Crippen LogP contribution in [-0.4, -0.2) is 98.9 Å². The molecule has 3 fully saturated rings. The summed E-state index contributed by atoms with van der Waals surface area (Å²) in [5.74, 6) is 0.101. The number of benzene rings is 3. The third kappa shape index (κ3) is 8.31. The van der Waals surface area contributed by atoms with E-state index in [1.807, 2.05) is 60.7 Å². The second-order valence-electron chi connectivity index (χ2n) is 14.9. The van der Waals surface area contributed by atoms with Crippen molar-refractivity contribution in [3.8, 4) is 11.5 Å². The van der Waals surface area contributed by atoms with Crippen LogP contribution in [0, 0.1) is 0 Å². The molecule has 0 bridgehead atoms. The van der Waals surface area contributed by atoms with E-state index in [9.17, 15) is 24.0 Å². The lowest BCUT2D eigenvalue weighted by molar-refractivity contribution is -0.137. The van der Waals surface area contributed by atoms with Crippen LogP contribution in [0.5, 0.6) is 11.5 Å². The molecule has 5 amide bonds. The van der Waals surface area contributed by atoms with Gasteiger partial charge in [-0.3, -0.25) is 34.2 Å². The maximum atomic E-state index is 13.6. The first-order chi connectivity index (χ1) is 26.7. The molecule has 3 aromatic rings. The standard InChI is InChI=1S/C42H50N6O7/c1-43-39(51)37(45-41(53)42(17-18-42)30-9-12-32(54-2)13-10-30)28-7-6-8-33(26-28)55-24-5-3-4-19-46-20-22-47(23-21-46)31-11-14-34-29(25-31)27-48(40(34)52)35-15-16-36(49)44-38(35)50/h6-14,25-26,35,37H,3-5,15-24,27H2,1-2H3,(H,43,51)(H,45,53)(H,44,49,50)/t35-,37-/m0/s1. The molecule has 3 N–H and O–H groups in total. The molecule has 0 aromatic heterocycles. The van der Waals surface area contributed by atoms with E-state index in [2.05, 4.69) is 31.8 Å². The number of hydrogen-bond acceptors (Lipinski definition) is 9. The minimum Gasteiger partial charge on any atom is -0.497 e. The lowest BCUT2D eigenvalue weighted by Gasteiger charge is -2.36. The first kappa shape index (κ1) is 37.9.